The Morgan fingerprint density at radius 1 is 1.10 bits per heavy atom. The predicted molar refractivity (Wildman–Crippen MR) is 31.4 cm³/mol. The molecule has 5 nitrogen and oxygen atoms in total. The van der Waals surface area contributed by atoms with Crippen molar-refractivity contribution in [3.8, 4) is 0 Å². The molecular weight excluding hydrogens is 181 g/mol. The molecule has 0 radical (unpaired) electrons. The summed E-state index contributed by atoms with van der Waals surface area (Å²) in [7, 11) is -4.64. The average Bonchev–Trinajstić information content (AvgIpc) is 1.36. The fourth-order valence-electron chi connectivity index (χ4n) is 0. The fourth-order valence-corrected chi connectivity index (χ4v) is 0. The summed E-state index contributed by atoms with van der Waals surface area (Å²) in [5.41, 5.74) is 0. The number of phosphoric acid groups is 1. The van der Waals surface area contributed by atoms with Crippen molar-refractivity contribution in [2.24, 2.45) is 0 Å². The minimum absolute atomic E-state index is 0. The Balaban J connectivity index is -0.00000000671. The van der Waals surface area contributed by atoms with E-state index in [0.29, 0.717) is 0 Å². The van der Waals surface area contributed by atoms with Crippen molar-refractivity contribution >= 4 is 7.82 Å². The van der Waals surface area contributed by atoms with Gasteiger partial charge in [-0.1, -0.05) is 0 Å². The summed E-state index contributed by atoms with van der Waals surface area (Å²) < 4.78 is 8.88. The standard InChI is InChI=1S/C2H4.2Na.H3O4P.H2O.2H/c1-2;;;1-5(2,3)4;;;/h1-2H2;;;(H3,1,2,3,4);1H2;;/q;2*+1;;;2*-1. The molecule has 0 aromatic heterocycles. The van der Waals surface area contributed by atoms with Crippen molar-refractivity contribution in [2.75, 3.05) is 0 Å². The molecule has 0 aromatic rings. The molecule has 56 valence electrons. The first-order chi connectivity index (χ1) is 3.00. The van der Waals surface area contributed by atoms with E-state index >= 15 is 0 Å². The van der Waals surface area contributed by atoms with Crippen LogP contribution in [0.1, 0.15) is 2.85 Å². The first kappa shape index (κ1) is 29.8. The molecule has 0 aliphatic heterocycles. The second kappa shape index (κ2) is 17.1. The first-order valence-corrected chi connectivity index (χ1v) is 2.85. The Kier molecular flexibility index (Phi) is 50.8. The topological polar surface area (TPSA) is 109 Å². The zero-order valence-corrected chi connectivity index (χ0v) is 11.0. The quantitative estimate of drug-likeness (QED) is 0.201. The number of hydrogen-bond acceptors (Lipinski definition) is 1. The molecule has 0 aliphatic rings. The Morgan fingerprint density at radius 3 is 1.10 bits per heavy atom. The monoisotopic (exact) mass is 192 g/mol. The Labute approximate surface area is 107 Å². The van der Waals surface area contributed by atoms with Crippen LogP contribution >= 0.6 is 7.82 Å². The smallest absolute Gasteiger partial charge is 1.00 e. The Hall–Kier alpha value is 1.81. The average molecular weight is 192 g/mol. The van der Waals surface area contributed by atoms with E-state index in [2.05, 4.69) is 13.2 Å². The molecule has 0 atom stereocenters. The second-order valence-corrected chi connectivity index (χ2v) is 1.54. The molecule has 5 N–H and O–H groups in total. The van der Waals surface area contributed by atoms with Gasteiger partial charge in [0.1, 0.15) is 0 Å². The van der Waals surface area contributed by atoms with Crippen molar-refractivity contribution in [3.05, 3.63) is 13.2 Å². The normalized spacial score (nSPS) is 6.30. The largest absolute Gasteiger partial charge is 1.00 e. The van der Waals surface area contributed by atoms with Gasteiger partial charge in [0.25, 0.3) is 0 Å². The molecule has 0 spiro atoms. The van der Waals surface area contributed by atoms with Crippen LogP contribution in [0, 0.1) is 0 Å². The summed E-state index contributed by atoms with van der Waals surface area (Å²) >= 11 is 0. The van der Waals surface area contributed by atoms with E-state index in [-0.39, 0.29) is 67.4 Å². The number of hydrogen-bond donors (Lipinski definition) is 3. The van der Waals surface area contributed by atoms with Gasteiger partial charge in [-0.15, -0.1) is 13.2 Å². The SMILES string of the molecule is C=C.O.O=P(O)(O)O.[H-].[H-].[Na+].[Na+]. The predicted octanol–water partition coefficient (Wildman–Crippen LogP) is -6.72. The molecule has 0 saturated carbocycles. The second-order valence-electron chi connectivity index (χ2n) is 0.513. The van der Waals surface area contributed by atoms with Gasteiger partial charge in [-0.3, -0.25) is 0 Å². The molecule has 0 saturated heterocycles. The summed E-state index contributed by atoms with van der Waals surface area (Å²) in [6, 6.07) is 0. The van der Waals surface area contributed by atoms with Gasteiger partial charge in [0.15, 0.2) is 0 Å². The van der Waals surface area contributed by atoms with Crippen LogP contribution in [-0.2, 0) is 4.57 Å². The van der Waals surface area contributed by atoms with Crippen LogP contribution in [0.2, 0.25) is 0 Å². The maximum Gasteiger partial charge on any atom is 1.00 e. The maximum atomic E-state index is 8.88. The van der Waals surface area contributed by atoms with Gasteiger partial charge in [-0.25, -0.2) is 4.57 Å². The van der Waals surface area contributed by atoms with Crippen molar-refractivity contribution in [1.82, 2.24) is 0 Å². The molecule has 0 aliphatic carbocycles. The molecule has 0 unspecified atom stereocenters. The van der Waals surface area contributed by atoms with E-state index in [9.17, 15) is 0 Å². The molecule has 0 bridgehead atoms. The molecule has 0 amide bonds. The van der Waals surface area contributed by atoms with Crippen LogP contribution in [0.15, 0.2) is 13.2 Å². The van der Waals surface area contributed by atoms with Gasteiger partial charge in [0.2, 0.25) is 0 Å². The molecule has 10 heavy (non-hydrogen) atoms. The summed E-state index contributed by atoms with van der Waals surface area (Å²) in [5, 5.41) is 0. The zero-order valence-electron chi connectivity index (χ0n) is 8.11. The van der Waals surface area contributed by atoms with Crippen molar-refractivity contribution in [2.45, 2.75) is 0 Å². The van der Waals surface area contributed by atoms with E-state index in [0.717, 1.165) is 0 Å². The molecular formula is C2H11Na2O5P. The Morgan fingerprint density at radius 2 is 1.10 bits per heavy atom. The molecule has 0 rings (SSSR count). The van der Waals surface area contributed by atoms with Crippen molar-refractivity contribution in [3.63, 3.8) is 0 Å². The van der Waals surface area contributed by atoms with Crippen LogP contribution in [0.5, 0.6) is 0 Å². The van der Waals surface area contributed by atoms with E-state index in [1.807, 2.05) is 0 Å². The van der Waals surface area contributed by atoms with Gasteiger partial charge in [-0.2, -0.15) is 0 Å². The summed E-state index contributed by atoms with van der Waals surface area (Å²) in [5.74, 6) is 0. The fraction of sp³-hybridized carbons (Fsp3) is 0. The Bertz CT molecular complexity index is 81.3. The van der Waals surface area contributed by atoms with Gasteiger partial charge < -0.3 is 23.0 Å². The molecule has 8 heteroatoms. The molecule has 0 heterocycles. The minimum atomic E-state index is -4.64. The zero-order chi connectivity index (χ0) is 6.50. The molecule has 0 fully saturated rings. The van der Waals surface area contributed by atoms with Gasteiger partial charge in [0.05, 0.1) is 0 Å². The summed E-state index contributed by atoms with van der Waals surface area (Å²) in [4.78, 5) is 21.6. The van der Waals surface area contributed by atoms with E-state index in [4.69, 9.17) is 19.2 Å². The van der Waals surface area contributed by atoms with Gasteiger partial charge in [0, 0.05) is 0 Å². The van der Waals surface area contributed by atoms with Crippen molar-refractivity contribution in [1.29, 1.82) is 0 Å². The summed E-state index contributed by atoms with van der Waals surface area (Å²) in [6.45, 7) is 6.00. The third-order valence-electron chi connectivity index (χ3n) is 0. The van der Waals surface area contributed by atoms with Crippen LogP contribution in [-0.4, -0.2) is 20.2 Å². The van der Waals surface area contributed by atoms with Crippen LogP contribution in [0.25, 0.3) is 0 Å². The first-order valence-electron chi connectivity index (χ1n) is 1.28. The van der Waals surface area contributed by atoms with Gasteiger partial charge >= 0.3 is 66.9 Å². The third-order valence-corrected chi connectivity index (χ3v) is 0. The van der Waals surface area contributed by atoms with Gasteiger partial charge in [-0.05, 0) is 0 Å². The van der Waals surface area contributed by atoms with Crippen LogP contribution < -0.4 is 59.1 Å². The maximum absolute atomic E-state index is 8.88. The van der Waals surface area contributed by atoms with E-state index in [1.54, 1.807) is 0 Å². The minimum Gasteiger partial charge on any atom is -1.00 e. The van der Waals surface area contributed by atoms with Crippen molar-refractivity contribution < 1.29 is 86.7 Å². The summed E-state index contributed by atoms with van der Waals surface area (Å²) in [6.07, 6.45) is 0. The van der Waals surface area contributed by atoms with E-state index in [1.165, 1.54) is 0 Å². The number of rotatable bonds is 0. The van der Waals surface area contributed by atoms with Crippen LogP contribution in [0.4, 0.5) is 0 Å². The third kappa shape index (κ3) is 232. The molecule has 0 aromatic carbocycles. The van der Waals surface area contributed by atoms with Crippen LogP contribution in [0.3, 0.4) is 0 Å². The van der Waals surface area contributed by atoms with E-state index < -0.39 is 7.82 Å².